The summed E-state index contributed by atoms with van der Waals surface area (Å²) >= 11 is 0. The number of fused-ring (bicyclic) bond motifs is 1. The van der Waals surface area contributed by atoms with E-state index in [0.717, 1.165) is 27.6 Å². The third kappa shape index (κ3) is 2.91. The van der Waals surface area contributed by atoms with Crippen LogP contribution < -0.4 is 24.0 Å². The molecule has 0 radical (unpaired) electrons. The Bertz CT molecular complexity index is 487. The Kier molecular flexibility index (Phi) is 3.90. The lowest BCUT2D eigenvalue weighted by atomic mass is 10.2. The van der Waals surface area contributed by atoms with Gasteiger partial charge in [-0.1, -0.05) is 0 Å². The van der Waals surface area contributed by atoms with Crippen molar-refractivity contribution in [3.8, 4) is 0 Å². The Morgan fingerprint density at radius 1 is 1.38 bits per heavy atom. The second-order valence-electron chi connectivity index (χ2n) is 4.81. The Balaban J connectivity index is 0.00000128. The Morgan fingerprint density at radius 2 is 2.06 bits per heavy atom. The molecule has 0 saturated heterocycles. The van der Waals surface area contributed by atoms with Crippen LogP contribution in [0.3, 0.4) is 0 Å². The van der Waals surface area contributed by atoms with E-state index in [0.29, 0.717) is 0 Å². The van der Waals surface area contributed by atoms with Gasteiger partial charge in [0.15, 0.2) is 0 Å². The molecule has 3 nitrogen and oxygen atoms in total. The second kappa shape index (κ2) is 4.67. The molecule has 0 fully saturated rings. The second-order valence-corrected chi connectivity index (χ2v) is 4.81. The zero-order chi connectivity index (χ0) is 11.1. The maximum atomic E-state index is 12.9. The average Bonchev–Trinajstić information content (AvgIpc) is 2.45. The predicted molar refractivity (Wildman–Crippen MR) is 57.8 cm³/mol. The molecular weight excluding hydrogens is 320 g/mol. The molecule has 0 saturated carbocycles. The fourth-order valence-corrected chi connectivity index (χ4v) is 1.67. The van der Waals surface area contributed by atoms with Gasteiger partial charge in [-0.05, 0) is 0 Å². The van der Waals surface area contributed by atoms with Gasteiger partial charge in [0.25, 0.3) is 0 Å². The van der Waals surface area contributed by atoms with Gasteiger partial charge in [0.2, 0.25) is 0 Å². The number of pyridine rings is 1. The fourth-order valence-electron chi connectivity index (χ4n) is 1.67. The van der Waals surface area contributed by atoms with E-state index in [1.807, 2.05) is 6.20 Å². The molecule has 16 heavy (non-hydrogen) atoms. The highest BCUT2D eigenvalue weighted by atomic mass is 127. The van der Waals surface area contributed by atoms with Gasteiger partial charge in [-0.3, -0.25) is 4.98 Å². The van der Waals surface area contributed by atoms with Crippen LogP contribution >= 0.6 is 0 Å². The van der Waals surface area contributed by atoms with E-state index < -0.39 is 0 Å². The largest absolute Gasteiger partial charge is 1.00 e. The summed E-state index contributed by atoms with van der Waals surface area (Å²) in [6, 6.07) is 1.47. The summed E-state index contributed by atoms with van der Waals surface area (Å²) in [7, 11) is 6.34. The molecule has 2 rings (SSSR count). The van der Waals surface area contributed by atoms with Crippen LogP contribution in [0.25, 0.3) is 11.0 Å². The van der Waals surface area contributed by atoms with E-state index in [-0.39, 0.29) is 29.8 Å². The van der Waals surface area contributed by atoms with Crippen molar-refractivity contribution in [1.29, 1.82) is 0 Å². The van der Waals surface area contributed by atoms with Crippen molar-refractivity contribution in [2.24, 2.45) is 0 Å². The minimum atomic E-state index is -0.304. The number of nitrogens with zero attached hydrogens (tertiary/aromatic N) is 2. The molecule has 0 aliphatic carbocycles. The summed E-state index contributed by atoms with van der Waals surface area (Å²) in [5.41, 5.74) is 2.75. The van der Waals surface area contributed by atoms with Crippen LogP contribution in [0.2, 0.25) is 0 Å². The number of quaternary nitrogens is 1. The third-order valence-electron chi connectivity index (χ3n) is 2.21. The third-order valence-corrected chi connectivity index (χ3v) is 2.21. The molecule has 2 aromatic rings. The molecule has 88 valence electrons. The molecule has 0 spiro atoms. The molecule has 0 aliphatic heterocycles. The minimum absolute atomic E-state index is 0. The number of rotatable bonds is 2. The van der Waals surface area contributed by atoms with Gasteiger partial charge >= 0.3 is 0 Å². The van der Waals surface area contributed by atoms with Crippen LogP contribution in [0.5, 0.6) is 0 Å². The first-order valence-corrected chi connectivity index (χ1v) is 4.88. The maximum Gasteiger partial charge on any atom is 0.143 e. The molecule has 5 heteroatoms. The molecule has 0 aromatic carbocycles. The van der Waals surface area contributed by atoms with E-state index in [9.17, 15) is 4.39 Å². The van der Waals surface area contributed by atoms with Crippen LogP contribution in [0, 0.1) is 5.82 Å². The molecule has 1 N–H and O–H groups in total. The molecule has 0 aliphatic rings. The van der Waals surface area contributed by atoms with Crippen molar-refractivity contribution in [2.75, 3.05) is 21.1 Å². The lowest BCUT2D eigenvalue weighted by Crippen LogP contribution is -3.00. The molecule has 0 unspecified atom stereocenters. The lowest BCUT2D eigenvalue weighted by molar-refractivity contribution is -0.883. The quantitative estimate of drug-likeness (QED) is 0.549. The number of halogens is 2. The monoisotopic (exact) mass is 335 g/mol. The van der Waals surface area contributed by atoms with Crippen molar-refractivity contribution < 1.29 is 32.9 Å². The maximum absolute atomic E-state index is 12.9. The molecule has 2 aromatic heterocycles. The van der Waals surface area contributed by atoms with Crippen molar-refractivity contribution >= 4 is 11.0 Å². The van der Waals surface area contributed by atoms with Crippen LogP contribution in [-0.2, 0) is 6.54 Å². The summed E-state index contributed by atoms with van der Waals surface area (Å²) < 4.78 is 13.7. The highest BCUT2D eigenvalue weighted by molar-refractivity contribution is 5.78. The predicted octanol–water partition coefficient (Wildman–Crippen LogP) is -1.09. The molecular formula is C11H15FIN3. The Hall–Kier alpha value is -0.690. The van der Waals surface area contributed by atoms with Gasteiger partial charge in [-0.25, -0.2) is 4.39 Å². The SMILES string of the molecule is C[N+](C)(C)Cc1c[nH]c2cc(F)cnc12.[I-]. The first-order valence-electron chi connectivity index (χ1n) is 4.88. The van der Waals surface area contributed by atoms with E-state index in [4.69, 9.17) is 0 Å². The highest BCUT2D eigenvalue weighted by Gasteiger charge is 2.13. The zero-order valence-electron chi connectivity index (χ0n) is 9.59. The molecule has 0 amide bonds. The highest BCUT2D eigenvalue weighted by Crippen LogP contribution is 2.18. The summed E-state index contributed by atoms with van der Waals surface area (Å²) in [5, 5.41) is 0. The minimum Gasteiger partial charge on any atom is -1.00 e. The molecule has 0 atom stereocenters. The van der Waals surface area contributed by atoms with Gasteiger partial charge in [0, 0.05) is 12.3 Å². The van der Waals surface area contributed by atoms with E-state index >= 15 is 0 Å². The molecule has 0 bridgehead atoms. The van der Waals surface area contributed by atoms with Crippen molar-refractivity contribution in [3.63, 3.8) is 0 Å². The van der Waals surface area contributed by atoms with E-state index in [1.54, 1.807) is 0 Å². The van der Waals surface area contributed by atoms with Crippen molar-refractivity contribution in [3.05, 3.63) is 29.8 Å². The zero-order valence-corrected chi connectivity index (χ0v) is 11.7. The van der Waals surface area contributed by atoms with Crippen molar-refractivity contribution in [2.45, 2.75) is 6.54 Å². The van der Waals surface area contributed by atoms with Gasteiger partial charge in [0.1, 0.15) is 12.4 Å². The van der Waals surface area contributed by atoms with Crippen LogP contribution in [-0.4, -0.2) is 35.6 Å². The average molecular weight is 335 g/mol. The first-order chi connectivity index (χ1) is 6.96. The van der Waals surface area contributed by atoms with Crippen LogP contribution in [0.1, 0.15) is 5.56 Å². The number of hydrogen-bond donors (Lipinski definition) is 1. The van der Waals surface area contributed by atoms with Crippen LogP contribution in [0.15, 0.2) is 18.5 Å². The fraction of sp³-hybridized carbons (Fsp3) is 0.364. The number of H-pyrrole nitrogens is 1. The Morgan fingerprint density at radius 3 is 2.69 bits per heavy atom. The Labute approximate surface area is 111 Å². The topological polar surface area (TPSA) is 28.7 Å². The summed E-state index contributed by atoms with van der Waals surface area (Å²) in [6.07, 6.45) is 3.16. The number of aromatic amines is 1. The van der Waals surface area contributed by atoms with E-state index in [1.165, 1.54) is 12.3 Å². The van der Waals surface area contributed by atoms with Crippen molar-refractivity contribution in [1.82, 2.24) is 9.97 Å². The van der Waals surface area contributed by atoms with Gasteiger partial charge < -0.3 is 33.4 Å². The molecule has 2 heterocycles. The number of hydrogen-bond acceptors (Lipinski definition) is 1. The summed E-state index contributed by atoms with van der Waals surface area (Å²) in [5.74, 6) is -0.304. The standard InChI is InChI=1S/C11H15FN3.HI/c1-15(2,3)7-8-5-13-10-4-9(12)6-14-11(8)10;/h4-6,13H,7H2,1-3H3;1H/q+1;/p-1. The normalized spacial score (nSPS) is 11.5. The van der Waals surface area contributed by atoms with E-state index in [2.05, 4.69) is 31.1 Å². The van der Waals surface area contributed by atoms with Crippen LogP contribution in [0.4, 0.5) is 4.39 Å². The van der Waals surface area contributed by atoms with Gasteiger partial charge in [-0.15, -0.1) is 0 Å². The van der Waals surface area contributed by atoms with Gasteiger partial charge in [0.05, 0.1) is 43.9 Å². The summed E-state index contributed by atoms with van der Waals surface area (Å²) in [6.45, 7) is 0.874. The number of aromatic nitrogens is 2. The smallest absolute Gasteiger partial charge is 0.143 e. The first kappa shape index (κ1) is 13.4. The number of nitrogens with one attached hydrogen (secondary N) is 1. The lowest BCUT2D eigenvalue weighted by Gasteiger charge is -2.23. The summed E-state index contributed by atoms with van der Waals surface area (Å²) in [4.78, 5) is 7.15. The van der Waals surface area contributed by atoms with Gasteiger partial charge in [-0.2, -0.15) is 0 Å².